The number of hydrogen-bond acceptors (Lipinski definition) is 5. The van der Waals surface area contributed by atoms with Crippen LogP contribution in [-0.4, -0.2) is 27.7 Å². The average molecular weight is 270 g/mol. The third-order valence-corrected chi connectivity index (χ3v) is 3.68. The van der Waals surface area contributed by atoms with Crippen molar-refractivity contribution in [1.29, 1.82) is 0 Å². The van der Waals surface area contributed by atoms with Crippen LogP contribution in [0.25, 0.3) is 0 Å². The molecular weight excluding hydrogens is 256 g/mol. The molecule has 5 nitrogen and oxygen atoms in total. The van der Waals surface area contributed by atoms with E-state index in [-0.39, 0.29) is 12.1 Å². The molecule has 92 valence electrons. The normalized spacial score (nSPS) is 19.0. The molecule has 0 aliphatic heterocycles. The predicted octanol–water partition coefficient (Wildman–Crippen LogP) is 2.49. The highest BCUT2D eigenvalue weighted by Crippen LogP contribution is 2.17. The summed E-state index contributed by atoms with van der Waals surface area (Å²) in [5.41, 5.74) is 0. The SMILES string of the molecule is CSc1nsc(NC(=O)N[C@H]2C=CCCC2)n1. The van der Waals surface area contributed by atoms with Gasteiger partial charge in [0.2, 0.25) is 10.3 Å². The van der Waals surface area contributed by atoms with Gasteiger partial charge in [0.15, 0.2) is 0 Å². The van der Waals surface area contributed by atoms with Gasteiger partial charge in [-0.3, -0.25) is 5.32 Å². The number of nitrogens with one attached hydrogen (secondary N) is 2. The smallest absolute Gasteiger partial charge is 0.321 e. The fraction of sp³-hybridized carbons (Fsp3) is 0.500. The molecule has 0 bridgehead atoms. The molecule has 2 amide bonds. The second-order valence-electron chi connectivity index (χ2n) is 3.65. The molecule has 7 heteroatoms. The first-order valence-corrected chi connectivity index (χ1v) is 7.39. The number of urea groups is 1. The molecule has 0 fully saturated rings. The summed E-state index contributed by atoms with van der Waals surface area (Å²) in [5.74, 6) is 0. The molecule has 1 aliphatic rings. The second kappa shape index (κ2) is 6.02. The lowest BCUT2D eigenvalue weighted by molar-refractivity contribution is 0.249. The van der Waals surface area contributed by atoms with Gasteiger partial charge in [-0.15, -0.1) is 0 Å². The number of carbonyl (C=O) groups is 1. The zero-order valence-electron chi connectivity index (χ0n) is 9.47. The molecule has 0 aromatic carbocycles. The number of nitrogens with zero attached hydrogens (tertiary/aromatic N) is 2. The van der Waals surface area contributed by atoms with Gasteiger partial charge < -0.3 is 5.32 Å². The molecular formula is C10H14N4OS2. The Hall–Kier alpha value is -1.08. The van der Waals surface area contributed by atoms with E-state index in [1.165, 1.54) is 23.3 Å². The maximum atomic E-state index is 11.7. The molecule has 0 saturated carbocycles. The van der Waals surface area contributed by atoms with Gasteiger partial charge >= 0.3 is 6.03 Å². The highest BCUT2D eigenvalue weighted by Gasteiger charge is 2.13. The van der Waals surface area contributed by atoms with E-state index >= 15 is 0 Å². The highest BCUT2D eigenvalue weighted by molar-refractivity contribution is 7.98. The minimum Gasteiger partial charge on any atom is -0.332 e. The standard InChI is InChI=1S/C10H14N4OS2/c1-16-10-13-9(17-14-10)12-8(15)11-7-5-3-2-4-6-7/h3,5,7H,2,4,6H2,1H3,(H2,11,12,13,14,15)/t7-/m0/s1. The van der Waals surface area contributed by atoms with Crippen molar-refractivity contribution in [3.05, 3.63) is 12.2 Å². The van der Waals surface area contributed by atoms with Gasteiger partial charge in [0.25, 0.3) is 0 Å². The topological polar surface area (TPSA) is 66.9 Å². The van der Waals surface area contributed by atoms with Crippen LogP contribution in [0, 0.1) is 0 Å². The van der Waals surface area contributed by atoms with Crippen molar-refractivity contribution >= 4 is 34.5 Å². The summed E-state index contributed by atoms with van der Waals surface area (Å²) in [6.45, 7) is 0. The van der Waals surface area contributed by atoms with E-state index in [1.54, 1.807) is 0 Å². The first-order valence-electron chi connectivity index (χ1n) is 5.40. The van der Waals surface area contributed by atoms with E-state index < -0.39 is 0 Å². The van der Waals surface area contributed by atoms with Crippen LogP contribution in [-0.2, 0) is 0 Å². The Balaban J connectivity index is 1.84. The molecule has 1 atom stereocenters. The number of anilines is 1. The Morgan fingerprint density at radius 2 is 2.53 bits per heavy atom. The van der Waals surface area contributed by atoms with E-state index in [0.717, 1.165) is 19.3 Å². The molecule has 0 spiro atoms. The summed E-state index contributed by atoms with van der Waals surface area (Å²) in [4.78, 5) is 15.8. The number of thioether (sulfide) groups is 1. The summed E-state index contributed by atoms with van der Waals surface area (Å²) in [6.07, 6.45) is 9.26. The number of rotatable bonds is 3. The van der Waals surface area contributed by atoms with Crippen molar-refractivity contribution in [2.24, 2.45) is 0 Å². The summed E-state index contributed by atoms with van der Waals surface area (Å²) in [6, 6.07) is -0.0814. The second-order valence-corrected chi connectivity index (χ2v) is 5.18. The summed E-state index contributed by atoms with van der Waals surface area (Å²) in [7, 11) is 0. The zero-order valence-corrected chi connectivity index (χ0v) is 11.1. The summed E-state index contributed by atoms with van der Waals surface area (Å²) in [5, 5.41) is 6.80. The first-order chi connectivity index (χ1) is 8.28. The van der Waals surface area contributed by atoms with Crippen molar-refractivity contribution in [3.8, 4) is 0 Å². The third kappa shape index (κ3) is 3.71. The number of allylic oxidation sites excluding steroid dienone is 1. The van der Waals surface area contributed by atoms with Crippen molar-refractivity contribution in [2.45, 2.75) is 30.5 Å². The van der Waals surface area contributed by atoms with Gasteiger partial charge in [-0.05, 0) is 25.5 Å². The van der Waals surface area contributed by atoms with Gasteiger partial charge in [-0.2, -0.15) is 9.36 Å². The summed E-state index contributed by atoms with van der Waals surface area (Å²) >= 11 is 2.65. The van der Waals surface area contributed by atoms with Crippen LogP contribution in [0.2, 0.25) is 0 Å². The van der Waals surface area contributed by atoms with E-state index in [0.29, 0.717) is 10.3 Å². The molecule has 0 saturated heterocycles. The Morgan fingerprint density at radius 1 is 1.65 bits per heavy atom. The monoisotopic (exact) mass is 270 g/mol. The number of aromatic nitrogens is 2. The van der Waals surface area contributed by atoms with Crippen LogP contribution < -0.4 is 10.6 Å². The molecule has 1 aliphatic carbocycles. The summed E-state index contributed by atoms with van der Waals surface area (Å²) < 4.78 is 4.07. The minimum atomic E-state index is -0.217. The van der Waals surface area contributed by atoms with Gasteiger partial charge in [-0.25, -0.2) is 4.79 Å². The van der Waals surface area contributed by atoms with Gasteiger partial charge in [-0.1, -0.05) is 23.9 Å². The van der Waals surface area contributed by atoms with Crippen LogP contribution >= 0.6 is 23.3 Å². The lowest BCUT2D eigenvalue weighted by Crippen LogP contribution is -2.37. The van der Waals surface area contributed by atoms with Gasteiger partial charge in [0, 0.05) is 17.6 Å². The molecule has 0 radical (unpaired) electrons. The average Bonchev–Trinajstić information content (AvgIpc) is 2.78. The quantitative estimate of drug-likeness (QED) is 0.654. The lowest BCUT2D eigenvalue weighted by atomic mass is 10.0. The van der Waals surface area contributed by atoms with Crippen molar-refractivity contribution in [2.75, 3.05) is 11.6 Å². The Morgan fingerprint density at radius 3 is 3.18 bits per heavy atom. The van der Waals surface area contributed by atoms with E-state index in [2.05, 4.69) is 26.1 Å². The lowest BCUT2D eigenvalue weighted by Gasteiger charge is -2.17. The highest BCUT2D eigenvalue weighted by atomic mass is 32.2. The predicted molar refractivity (Wildman–Crippen MR) is 70.6 cm³/mol. The van der Waals surface area contributed by atoms with Gasteiger partial charge in [0.1, 0.15) is 0 Å². The number of hydrogen-bond donors (Lipinski definition) is 2. The van der Waals surface area contributed by atoms with Crippen LogP contribution in [0.1, 0.15) is 19.3 Å². The van der Waals surface area contributed by atoms with Crippen LogP contribution in [0.4, 0.5) is 9.93 Å². The largest absolute Gasteiger partial charge is 0.332 e. The van der Waals surface area contributed by atoms with Crippen molar-refractivity contribution in [3.63, 3.8) is 0 Å². The fourth-order valence-corrected chi connectivity index (χ4v) is 2.70. The molecule has 1 aromatic heterocycles. The van der Waals surface area contributed by atoms with Crippen molar-refractivity contribution < 1.29 is 4.79 Å². The first kappa shape index (κ1) is 12.4. The Kier molecular flexibility index (Phi) is 4.38. The van der Waals surface area contributed by atoms with Crippen LogP contribution in [0.15, 0.2) is 17.3 Å². The van der Waals surface area contributed by atoms with Crippen molar-refractivity contribution in [1.82, 2.24) is 14.7 Å². The maximum Gasteiger partial charge on any atom is 0.321 e. The Bertz CT molecular complexity index is 418. The molecule has 1 aromatic rings. The van der Waals surface area contributed by atoms with Crippen LogP contribution in [0.3, 0.4) is 0 Å². The maximum absolute atomic E-state index is 11.7. The number of amides is 2. The molecule has 2 N–H and O–H groups in total. The number of carbonyl (C=O) groups excluding carboxylic acids is 1. The van der Waals surface area contributed by atoms with E-state index in [9.17, 15) is 4.79 Å². The molecule has 1 heterocycles. The third-order valence-electron chi connectivity index (χ3n) is 2.38. The molecule has 2 rings (SSSR count). The van der Waals surface area contributed by atoms with E-state index in [1.807, 2.05) is 12.3 Å². The van der Waals surface area contributed by atoms with Crippen LogP contribution in [0.5, 0.6) is 0 Å². The van der Waals surface area contributed by atoms with Gasteiger partial charge in [0.05, 0.1) is 0 Å². The molecule has 17 heavy (non-hydrogen) atoms. The van der Waals surface area contributed by atoms with E-state index in [4.69, 9.17) is 0 Å². The molecule has 0 unspecified atom stereocenters. The Labute approximate surface area is 108 Å². The fourth-order valence-electron chi connectivity index (χ4n) is 1.58. The minimum absolute atomic E-state index is 0.136. The zero-order chi connectivity index (χ0) is 12.1.